The van der Waals surface area contributed by atoms with Crippen LogP contribution in [-0.2, 0) is 6.42 Å². The first kappa shape index (κ1) is 12.2. The SMILES string of the molecule is Cc1ccc2cc3c(ccc4ccccc43)c3c2c1[C@@H](O)C3. The highest BCUT2D eigenvalue weighted by Gasteiger charge is 2.26. The van der Waals surface area contributed by atoms with E-state index < -0.39 is 0 Å². The molecule has 0 saturated carbocycles. The molecule has 22 heavy (non-hydrogen) atoms. The molecule has 1 nitrogen and oxygen atoms in total. The minimum absolute atomic E-state index is 0.365. The largest absolute Gasteiger partial charge is 0.388 e. The van der Waals surface area contributed by atoms with Crippen molar-refractivity contribution < 1.29 is 5.11 Å². The van der Waals surface area contributed by atoms with Crippen molar-refractivity contribution in [1.82, 2.24) is 0 Å². The zero-order chi connectivity index (χ0) is 14.8. The number of benzene rings is 4. The topological polar surface area (TPSA) is 20.2 Å². The lowest BCUT2D eigenvalue weighted by atomic mass is 9.93. The Bertz CT molecular complexity index is 1080. The summed E-state index contributed by atoms with van der Waals surface area (Å²) in [6, 6.07) is 19.6. The van der Waals surface area contributed by atoms with Gasteiger partial charge in [-0.25, -0.2) is 0 Å². The van der Waals surface area contributed by atoms with E-state index in [9.17, 15) is 5.11 Å². The van der Waals surface area contributed by atoms with Crippen LogP contribution in [0.4, 0.5) is 0 Å². The van der Waals surface area contributed by atoms with Gasteiger partial charge in [-0.05, 0) is 62.0 Å². The van der Waals surface area contributed by atoms with E-state index >= 15 is 0 Å². The van der Waals surface area contributed by atoms with Crippen LogP contribution in [0.2, 0.25) is 0 Å². The molecule has 0 aliphatic heterocycles. The van der Waals surface area contributed by atoms with E-state index in [1.807, 2.05) is 0 Å². The van der Waals surface area contributed by atoms with Gasteiger partial charge in [0.25, 0.3) is 0 Å². The molecular formula is C21H16O. The summed E-state index contributed by atoms with van der Waals surface area (Å²) in [6.07, 6.45) is 0.364. The summed E-state index contributed by atoms with van der Waals surface area (Å²) in [5.74, 6) is 0. The van der Waals surface area contributed by atoms with E-state index in [4.69, 9.17) is 0 Å². The van der Waals surface area contributed by atoms with Crippen LogP contribution in [0, 0.1) is 6.92 Å². The Balaban J connectivity index is 2.06. The van der Waals surface area contributed by atoms with Crippen molar-refractivity contribution in [3.8, 4) is 0 Å². The monoisotopic (exact) mass is 284 g/mol. The average Bonchev–Trinajstić information content (AvgIpc) is 2.89. The minimum Gasteiger partial charge on any atom is -0.388 e. The summed E-state index contributed by atoms with van der Waals surface area (Å²) in [5.41, 5.74) is 3.63. The molecule has 1 N–H and O–H groups in total. The zero-order valence-corrected chi connectivity index (χ0v) is 12.4. The highest BCUT2D eigenvalue weighted by atomic mass is 16.3. The quantitative estimate of drug-likeness (QED) is 0.354. The molecule has 106 valence electrons. The molecule has 0 spiro atoms. The van der Waals surface area contributed by atoms with Crippen molar-refractivity contribution in [2.45, 2.75) is 19.4 Å². The first-order valence-corrected chi connectivity index (χ1v) is 7.78. The van der Waals surface area contributed by atoms with E-state index in [1.165, 1.54) is 43.4 Å². The summed E-state index contributed by atoms with van der Waals surface area (Å²) in [6.45, 7) is 2.09. The molecule has 0 saturated heterocycles. The lowest BCUT2D eigenvalue weighted by Gasteiger charge is -2.11. The number of fused-ring (bicyclic) bond motifs is 4. The van der Waals surface area contributed by atoms with Gasteiger partial charge in [-0.1, -0.05) is 48.5 Å². The normalized spacial score (nSPS) is 16.9. The van der Waals surface area contributed by atoms with E-state index in [2.05, 4.69) is 61.5 Å². The fourth-order valence-corrected chi connectivity index (χ4v) is 4.14. The first-order valence-electron chi connectivity index (χ1n) is 7.78. The third-order valence-corrected chi connectivity index (χ3v) is 5.12. The summed E-state index contributed by atoms with van der Waals surface area (Å²) in [4.78, 5) is 0. The van der Waals surface area contributed by atoms with Gasteiger partial charge < -0.3 is 5.11 Å². The van der Waals surface area contributed by atoms with Crippen molar-refractivity contribution in [3.63, 3.8) is 0 Å². The van der Waals surface area contributed by atoms with Crippen molar-refractivity contribution in [2.75, 3.05) is 0 Å². The lowest BCUT2D eigenvalue weighted by molar-refractivity contribution is 0.185. The Morgan fingerprint density at radius 1 is 0.864 bits per heavy atom. The molecule has 0 unspecified atom stereocenters. The molecule has 1 heteroatoms. The summed E-state index contributed by atoms with van der Waals surface area (Å²) >= 11 is 0. The smallest absolute Gasteiger partial charge is 0.0839 e. The fraction of sp³-hybridized carbons (Fsp3) is 0.143. The van der Waals surface area contributed by atoms with Gasteiger partial charge in [0.2, 0.25) is 0 Å². The van der Waals surface area contributed by atoms with Crippen molar-refractivity contribution in [2.24, 2.45) is 0 Å². The van der Waals surface area contributed by atoms with Crippen LogP contribution in [0.1, 0.15) is 22.8 Å². The van der Waals surface area contributed by atoms with Gasteiger partial charge in [0.15, 0.2) is 0 Å². The Kier molecular flexibility index (Phi) is 2.26. The third kappa shape index (κ3) is 1.42. The van der Waals surface area contributed by atoms with Crippen LogP contribution in [0.3, 0.4) is 0 Å². The number of aliphatic hydroxyl groups excluding tert-OH is 1. The van der Waals surface area contributed by atoms with E-state index in [1.54, 1.807) is 0 Å². The Labute approximate surface area is 128 Å². The molecule has 1 aliphatic carbocycles. The lowest BCUT2D eigenvalue weighted by Crippen LogP contribution is -1.95. The second kappa shape index (κ2) is 4.08. The highest BCUT2D eigenvalue weighted by Crippen LogP contribution is 2.43. The predicted molar refractivity (Wildman–Crippen MR) is 92.4 cm³/mol. The minimum atomic E-state index is -0.365. The molecule has 0 aromatic heterocycles. The second-order valence-electron chi connectivity index (χ2n) is 6.35. The van der Waals surface area contributed by atoms with Crippen molar-refractivity contribution in [1.29, 1.82) is 0 Å². The highest BCUT2D eigenvalue weighted by molar-refractivity contribution is 6.15. The van der Waals surface area contributed by atoms with Crippen LogP contribution in [0.15, 0.2) is 54.6 Å². The van der Waals surface area contributed by atoms with Gasteiger partial charge in [0.1, 0.15) is 0 Å². The standard InChI is InChI=1S/C21H16O/c1-12-6-7-14-10-17-15-5-3-2-4-13(15)8-9-16(17)18-11-19(22)20(12)21(14)18/h2-10,19,22H,11H2,1H3/t19-/m0/s1. The van der Waals surface area contributed by atoms with Gasteiger partial charge in [-0.2, -0.15) is 0 Å². The first-order chi connectivity index (χ1) is 10.7. The maximum absolute atomic E-state index is 10.5. The molecule has 4 aromatic rings. The summed E-state index contributed by atoms with van der Waals surface area (Å²) in [7, 11) is 0. The van der Waals surface area contributed by atoms with E-state index in [0.717, 1.165) is 12.0 Å². The second-order valence-corrected chi connectivity index (χ2v) is 6.35. The predicted octanol–water partition coefficient (Wildman–Crippen LogP) is 5.04. The summed E-state index contributed by atoms with van der Waals surface area (Å²) in [5, 5.41) is 18.2. The molecule has 0 amide bonds. The van der Waals surface area contributed by atoms with Gasteiger partial charge in [-0.15, -0.1) is 0 Å². The Morgan fingerprint density at radius 3 is 2.59 bits per heavy atom. The molecule has 0 bridgehead atoms. The molecular weight excluding hydrogens is 268 g/mol. The van der Waals surface area contributed by atoms with Crippen LogP contribution in [-0.4, -0.2) is 5.11 Å². The van der Waals surface area contributed by atoms with Crippen LogP contribution in [0.25, 0.3) is 32.3 Å². The number of aryl methyl sites for hydroxylation is 1. The fourth-order valence-electron chi connectivity index (χ4n) is 4.14. The number of rotatable bonds is 0. The van der Waals surface area contributed by atoms with Gasteiger partial charge in [0, 0.05) is 6.42 Å². The van der Waals surface area contributed by atoms with E-state index in [0.29, 0.717) is 0 Å². The van der Waals surface area contributed by atoms with Crippen molar-refractivity contribution in [3.05, 3.63) is 71.3 Å². The molecule has 0 heterocycles. The average molecular weight is 284 g/mol. The van der Waals surface area contributed by atoms with Crippen LogP contribution < -0.4 is 0 Å². The molecule has 0 radical (unpaired) electrons. The van der Waals surface area contributed by atoms with Crippen molar-refractivity contribution >= 4 is 32.3 Å². The van der Waals surface area contributed by atoms with Gasteiger partial charge in [-0.3, -0.25) is 0 Å². The number of hydrogen-bond acceptors (Lipinski definition) is 1. The third-order valence-electron chi connectivity index (χ3n) is 5.12. The Hall–Kier alpha value is -2.38. The maximum Gasteiger partial charge on any atom is 0.0839 e. The Morgan fingerprint density at radius 2 is 1.68 bits per heavy atom. The maximum atomic E-state index is 10.5. The number of aliphatic hydroxyl groups is 1. The zero-order valence-electron chi connectivity index (χ0n) is 12.4. The molecule has 4 aromatic carbocycles. The van der Waals surface area contributed by atoms with Crippen LogP contribution >= 0.6 is 0 Å². The van der Waals surface area contributed by atoms with Gasteiger partial charge in [0.05, 0.1) is 6.10 Å². The summed E-state index contributed by atoms with van der Waals surface area (Å²) < 4.78 is 0. The molecule has 1 atom stereocenters. The number of hydrogen-bond donors (Lipinski definition) is 1. The van der Waals surface area contributed by atoms with Gasteiger partial charge >= 0.3 is 0 Å². The molecule has 5 rings (SSSR count). The van der Waals surface area contributed by atoms with E-state index in [-0.39, 0.29) is 6.10 Å². The van der Waals surface area contributed by atoms with Crippen LogP contribution in [0.5, 0.6) is 0 Å². The molecule has 1 aliphatic rings. The molecule has 0 fully saturated rings.